The quantitative estimate of drug-likeness (QED) is 0.246. The summed E-state index contributed by atoms with van der Waals surface area (Å²) in [5.41, 5.74) is 3.56. The third-order valence-electron chi connectivity index (χ3n) is 5.30. The van der Waals surface area contributed by atoms with E-state index in [0.717, 1.165) is 25.1 Å². The summed E-state index contributed by atoms with van der Waals surface area (Å²) in [6.07, 6.45) is 1.35. The Hall–Kier alpha value is -3.53. The first-order valence-electron chi connectivity index (χ1n) is 10.7. The van der Waals surface area contributed by atoms with Crippen LogP contribution in [0.2, 0.25) is 0 Å². The number of hydrogen-bond donors (Lipinski definition) is 2. The van der Waals surface area contributed by atoms with Crippen LogP contribution in [0.15, 0.2) is 105 Å². The molecule has 0 unspecified atom stereocenters. The number of phenols is 1. The van der Waals surface area contributed by atoms with E-state index in [9.17, 15) is 18.3 Å². The average molecular weight is 552 g/mol. The van der Waals surface area contributed by atoms with E-state index in [2.05, 4.69) is 26.5 Å². The number of fused-ring (bicyclic) bond motifs is 1. The Kier molecular flexibility index (Phi) is 7.60. The van der Waals surface area contributed by atoms with Crippen molar-refractivity contribution < 1.29 is 18.3 Å². The van der Waals surface area contributed by atoms with Gasteiger partial charge in [-0.1, -0.05) is 76.6 Å². The lowest BCUT2D eigenvalue weighted by atomic mass is 10.0. The van der Waals surface area contributed by atoms with Gasteiger partial charge < -0.3 is 5.11 Å². The second-order valence-electron chi connectivity index (χ2n) is 7.73. The zero-order chi connectivity index (χ0) is 24.8. The number of aromatic hydroxyl groups is 1. The highest BCUT2D eigenvalue weighted by molar-refractivity contribution is 9.10. The number of carbonyl (C=O) groups excluding carboxylic acids is 1. The summed E-state index contributed by atoms with van der Waals surface area (Å²) < 4.78 is 28.5. The van der Waals surface area contributed by atoms with Crippen LogP contribution in [0.1, 0.15) is 11.1 Å². The second-order valence-corrected chi connectivity index (χ2v) is 10.6. The summed E-state index contributed by atoms with van der Waals surface area (Å²) in [5, 5.41) is 15.9. The number of amides is 1. The van der Waals surface area contributed by atoms with Gasteiger partial charge >= 0.3 is 0 Å². The number of hydrazone groups is 1. The highest BCUT2D eigenvalue weighted by Gasteiger charge is 2.26. The van der Waals surface area contributed by atoms with Crippen molar-refractivity contribution in [2.75, 3.05) is 6.54 Å². The van der Waals surface area contributed by atoms with Crippen molar-refractivity contribution in [3.63, 3.8) is 0 Å². The van der Waals surface area contributed by atoms with Gasteiger partial charge in [0.25, 0.3) is 5.91 Å². The van der Waals surface area contributed by atoms with Gasteiger partial charge in [-0.05, 0) is 46.7 Å². The molecule has 0 saturated carbocycles. The van der Waals surface area contributed by atoms with Crippen LogP contribution in [0.3, 0.4) is 0 Å². The zero-order valence-electron chi connectivity index (χ0n) is 18.5. The van der Waals surface area contributed by atoms with Crippen LogP contribution in [-0.4, -0.2) is 36.5 Å². The number of phenolic OH excluding ortho intramolecular Hbond substituents is 1. The maximum Gasteiger partial charge on any atom is 0.255 e. The van der Waals surface area contributed by atoms with Gasteiger partial charge in [0.15, 0.2) is 0 Å². The predicted molar refractivity (Wildman–Crippen MR) is 140 cm³/mol. The molecule has 0 aliphatic rings. The number of sulfonamides is 1. The van der Waals surface area contributed by atoms with Gasteiger partial charge in [-0.3, -0.25) is 4.79 Å². The van der Waals surface area contributed by atoms with Gasteiger partial charge in [0.05, 0.1) is 17.7 Å². The minimum Gasteiger partial charge on any atom is -0.507 e. The molecule has 0 radical (unpaired) electrons. The normalized spacial score (nSPS) is 11.8. The van der Waals surface area contributed by atoms with E-state index in [1.807, 2.05) is 36.4 Å². The van der Waals surface area contributed by atoms with Crippen LogP contribution in [0.4, 0.5) is 0 Å². The Balaban J connectivity index is 1.54. The molecule has 4 rings (SSSR count). The van der Waals surface area contributed by atoms with Crippen LogP contribution >= 0.6 is 15.9 Å². The molecule has 0 fully saturated rings. The Bertz CT molecular complexity index is 1470. The first-order chi connectivity index (χ1) is 16.8. The minimum atomic E-state index is -3.95. The van der Waals surface area contributed by atoms with Crippen molar-refractivity contribution in [2.24, 2.45) is 5.10 Å². The van der Waals surface area contributed by atoms with Crippen molar-refractivity contribution in [1.82, 2.24) is 9.73 Å². The van der Waals surface area contributed by atoms with Gasteiger partial charge in [-0.25, -0.2) is 13.8 Å². The van der Waals surface area contributed by atoms with E-state index in [-0.39, 0.29) is 17.2 Å². The van der Waals surface area contributed by atoms with Gasteiger partial charge in [0.2, 0.25) is 10.0 Å². The number of benzene rings is 4. The van der Waals surface area contributed by atoms with Crippen molar-refractivity contribution in [2.45, 2.75) is 11.4 Å². The van der Waals surface area contributed by atoms with E-state index in [0.29, 0.717) is 5.56 Å². The largest absolute Gasteiger partial charge is 0.507 e. The molecule has 0 aliphatic heterocycles. The highest BCUT2D eigenvalue weighted by atomic mass is 79.9. The minimum absolute atomic E-state index is 0.00571. The molecule has 178 valence electrons. The lowest BCUT2D eigenvalue weighted by Crippen LogP contribution is -2.39. The summed E-state index contributed by atoms with van der Waals surface area (Å²) in [7, 11) is -3.95. The van der Waals surface area contributed by atoms with E-state index in [1.165, 1.54) is 18.3 Å². The van der Waals surface area contributed by atoms with Crippen LogP contribution < -0.4 is 5.43 Å². The number of halogens is 1. The molecule has 9 heteroatoms. The standard InChI is InChI=1S/C26H22BrN3O4S/c27-21-13-10-19(11-14-21)17-30(35(33,34)22-7-2-1-3-8-22)18-26(32)29-28-16-24-23-9-5-4-6-20(23)12-15-25(24)31/h1-16,31H,17-18H2,(H,29,32)/b28-16-. The van der Waals surface area contributed by atoms with Crippen molar-refractivity contribution in [3.05, 3.63) is 107 Å². The monoisotopic (exact) mass is 551 g/mol. The van der Waals surface area contributed by atoms with Crippen molar-refractivity contribution in [1.29, 1.82) is 0 Å². The fourth-order valence-electron chi connectivity index (χ4n) is 3.54. The van der Waals surface area contributed by atoms with E-state index >= 15 is 0 Å². The molecule has 0 aliphatic carbocycles. The van der Waals surface area contributed by atoms with Gasteiger partial charge in [-0.15, -0.1) is 0 Å². The van der Waals surface area contributed by atoms with Crippen LogP contribution in [0.5, 0.6) is 5.75 Å². The number of nitrogens with one attached hydrogen (secondary N) is 1. The third-order valence-corrected chi connectivity index (χ3v) is 7.64. The van der Waals surface area contributed by atoms with E-state index < -0.39 is 22.5 Å². The van der Waals surface area contributed by atoms with E-state index in [4.69, 9.17) is 0 Å². The Morgan fingerprint density at radius 1 is 0.943 bits per heavy atom. The lowest BCUT2D eigenvalue weighted by Gasteiger charge is -2.21. The molecule has 0 heterocycles. The third kappa shape index (κ3) is 5.94. The summed E-state index contributed by atoms with van der Waals surface area (Å²) in [5.74, 6) is -0.595. The maximum absolute atomic E-state index is 13.3. The molecule has 7 nitrogen and oxygen atoms in total. The first-order valence-corrected chi connectivity index (χ1v) is 12.9. The molecule has 2 N–H and O–H groups in total. The fourth-order valence-corrected chi connectivity index (χ4v) is 5.21. The van der Waals surface area contributed by atoms with Crippen molar-refractivity contribution >= 4 is 48.8 Å². The molecule has 0 bridgehead atoms. The molecule has 35 heavy (non-hydrogen) atoms. The molecule has 4 aromatic rings. The fraction of sp³-hybridized carbons (Fsp3) is 0.0769. The summed E-state index contributed by atoms with van der Waals surface area (Å²) in [6, 6.07) is 26.0. The summed E-state index contributed by atoms with van der Waals surface area (Å²) in [4.78, 5) is 12.8. The molecule has 1 amide bonds. The molecule has 0 spiro atoms. The lowest BCUT2D eigenvalue weighted by molar-refractivity contribution is -0.121. The highest BCUT2D eigenvalue weighted by Crippen LogP contribution is 2.25. The Morgan fingerprint density at radius 3 is 2.37 bits per heavy atom. The maximum atomic E-state index is 13.3. The van der Waals surface area contributed by atoms with Crippen LogP contribution in [0.25, 0.3) is 10.8 Å². The average Bonchev–Trinajstić information content (AvgIpc) is 2.87. The molecule has 0 atom stereocenters. The smallest absolute Gasteiger partial charge is 0.255 e. The first kappa shape index (κ1) is 24.6. The number of rotatable bonds is 8. The molecule has 0 aromatic heterocycles. The van der Waals surface area contributed by atoms with Crippen molar-refractivity contribution in [3.8, 4) is 5.75 Å². The van der Waals surface area contributed by atoms with E-state index in [1.54, 1.807) is 42.5 Å². The van der Waals surface area contributed by atoms with Crippen LogP contribution in [0, 0.1) is 0 Å². The summed E-state index contributed by atoms with van der Waals surface area (Å²) in [6.45, 7) is -0.433. The second kappa shape index (κ2) is 10.8. The molecular weight excluding hydrogens is 530 g/mol. The molecule has 0 saturated heterocycles. The number of carbonyl (C=O) groups is 1. The molecule has 4 aromatic carbocycles. The zero-order valence-corrected chi connectivity index (χ0v) is 20.9. The van der Waals surface area contributed by atoms with Gasteiger partial charge in [-0.2, -0.15) is 9.41 Å². The topological polar surface area (TPSA) is 99.1 Å². The number of hydrogen-bond acceptors (Lipinski definition) is 5. The van der Waals surface area contributed by atoms with Gasteiger partial charge in [0, 0.05) is 16.6 Å². The van der Waals surface area contributed by atoms with Crippen LogP contribution in [-0.2, 0) is 21.4 Å². The SMILES string of the molecule is O=C(CN(Cc1ccc(Br)cc1)S(=O)(=O)c1ccccc1)N/N=C\c1c(O)ccc2ccccc12. The Morgan fingerprint density at radius 2 is 1.63 bits per heavy atom. The summed E-state index contributed by atoms with van der Waals surface area (Å²) >= 11 is 3.37. The Labute approximate surface area is 211 Å². The van der Waals surface area contributed by atoms with Gasteiger partial charge in [0.1, 0.15) is 5.75 Å². The predicted octanol–water partition coefficient (Wildman–Crippen LogP) is 4.65. The number of nitrogens with zero attached hydrogens (tertiary/aromatic N) is 2. The molecular formula is C26H22BrN3O4S.